The molecule has 0 saturated carbocycles. The molecule has 0 radical (unpaired) electrons. The van der Waals surface area contributed by atoms with Crippen molar-refractivity contribution in [1.29, 1.82) is 0 Å². The zero-order valence-electron chi connectivity index (χ0n) is 8.98. The Morgan fingerprint density at radius 1 is 1.60 bits per heavy atom. The maximum atomic E-state index is 11.5. The lowest BCUT2D eigenvalue weighted by molar-refractivity contribution is -0.133. The van der Waals surface area contributed by atoms with Gasteiger partial charge in [-0.05, 0) is 13.3 Å². The van der Waals surface area contributed by atoms with Crippen LogP contribution >= 0.6 is 0 Å². The van der Waals surface area contributed by atoms with Gasteiger partial charge in [0.05, 0.1) is 24.9 Å². The first-order valence-corrected chi connectivity index (χ1v) is 5.48. The van der Waals surface area contributed by atoms with Crippen LogP contribution in [0.1, 0.15) is 13.3 Å². The van der Waals surface area contributed by atoms with Crippen LogP contribution in [-0.4, -0.2) is 60.4 Å². The molecule has 0 spiro atoms. The van der Waals surface area contributed by atoms with E-state index >= 15 is 0 Å². The van der Waals surface area contributed by atoms with E-state index in [2.05, 4.69) is 10.2 Å². The number of aliphatic hydroxyl groups excluding tert-OH is 1. The Labute approximate surface area is 89.4 Å². The van der Waals surface area contributed by atoms with Gasteiger partial charge in [-0.15, -0.1) is 0 Å². The van der Waals surface area contributed by atoms with Gasteiger partial charge in [0, 0.05) is 19.6 Å². The summed E-state index contributed by atoms with van der Waals surface area (Å²) in [6.07, 6.45) is 0.801. The average Bonchev–Trinajstić information content (AvgIpc) is 2.63. The third-order valence-corrected chi connectivity index (χ3v) is 3.02. The fourth-order valence-electron chi connectivity index (χ4n) is 2.37. The number of nitrogens with zero attached hydrogens (tertiary/aromatic N) is 1. The number of rotatable bonds is 2. The molecular weight excluding hydrogens is 196 g/mol. The Balaban J connectivity index is 1.98. The molecule has 2 heterocycles. The van der Waals surface area contributed by atoms with Crippen LogP contribution in [0.4, 0.5) is 0 Å². The first kappa shape index (κ1) is 10.9. The molecule has 0 aromatic carbocycles. The van der Waals surface area contributed by atoms with Crippen molar-refractivity contribution in [3.8, 4) is 0 Å². The molecule has 0 aromatic heterocycles. The molecule has 2 rings (SSSR count). The van der Waals surface area contributed by atoms with Crippen molar-refractivity contribution in [2.75, 3.05) is 26.2 Å². The number of hydrogen-bond acceptors (Lipinski definition) is 4. The Hall–Kier alpha value is -0.650. The molecule has 1 amide bonds. The predicted octanol–water partition coefficient (Wildman–Crippen LogP) is -1.04. The molecule has 2 saturated heterocycles. The van der Waals surface area contributed by atoms with Gasteiger partial charge in [0.2, 0.25) is 5.91 Å². The number of morpholine rings is 1. The lowest BCUT2D eigenvalue weighted by Crippen LogP contribution is -2.53. The van der Waals surface area contributed by atoms with Crippen LogP contribution in [0.5, 0.6) is 0 Å². The van der Waals surface area contributed by atoms with Crippen molar-refractivity contribution >= 4 is 5.91 Å². The highest BCUT2D eigenvalue weighted by Crippen LogP contribution is 2.17. The lowest BCUT2D eigenvalue weighted by Gasteiger charge is -2.38. The molecule has 2 fully saturated rings. The number of carbonyl (C=O) groups is 1. The number of nitrogens with one attached hydrogen (secondary N) is 1. The molecule has 86 valence electrons. The van der Waals surface area contributed by atoms with Crippen LogP contribution in [0.2, 0.25) is 0 Å². The summed E-state index contributed by atoms with van der Waals surface area (Å²) < 4.78 is 5.54. The number of amides is 1. The van der Waals surface area contributed by atoms with Gasteiger partial charge < -0.3 is 15.2 Å². The molecule has 3 unspecified atom stereocenters. The smallest absolute Gasteiger partial charge is 0.237 e. The van der Waals surface area contributed by atoms with Crippen molar-refractivity contribution in [2.45, 2.75) is 31.6 Å². The van der Waals surface area contributed by atoms with Crippen LogP contribution in [-0.2, 0) is 9.53 Å². The quantitative estimate of drug-likeness (QED) is 0.616. The SMILES string of the molecule is CC1CN(C2CCNC2=O)CC(CO)O1. The van der Waals surface area contributed by atoms with Crippen LogP contribution < -0.4 is 5.32 Å². The van der Waals surface area contributed by atoms with Gasteiger partial charge >= 0.3 is 0 Å². The molecule has 2 aliphatic heterocycles. The van der Waals surface area contributed by atoms with Gasteiger partial charge in [-0.25, -0.2) is 0 Å². The van der Waals surface area contributed by atoms with Crippen molar-refractivity contribution in [2.24, 2.45) is 0 Å². The van der Waals surface area contributed by atoms with Gasteiger partial charge in [0.25, 0.3) is 0 Å². The largest absolute Gasteiger partial charge is 0.394 e. The Kier molecular flexibility index (Phi) is 3.23. The minimum absolute atomic E-state index is 0.0228. The normalized spacial score (nSPS) is 38.0. The molecule has 2 aliphatic rings. The summed E-state index contributed by atoms with van der Waals surface area (Å²) in [6.45, 7) is 4.18. The summed E-state index contributed by atoms with van der Waals surface area (Å²) >= 11 is 0. The van der Waals surface area contributed by atoms with E-state index in [4.69, 9.17) is 9.84 Å². The molecule has 0 aliphatic carbocycles. The maximum Gasteiger partial charge on any atom is 0.237 e. The molecule has 0 aromatic rings. The van der Waals surface area contributed by atoms with Crippen LogP contribution in [0, 0.1) is 0 Å². The number of hydrogen-bond donors (Lipinski definition) is 2. The van der Waals surface area contributed by atoms with E-state index < -0.39 is 0 Å². The molecular formula is C10H18N2O3. The lowest BCUT2D eigenvalue weighted by atomic mass is 10.1. The highest BCUT2D eigenvalue weighted by atomic mass is 16.5. The average molecular weight is 214 g/mol. The second kappa shape index (κ2) is 4.47. The van der Waals surface area contributed by atoms with Crippen LogP contribution in [0.3, 0.4) is 0 Å². The van der Waals surface area contributed by atoms with Crippen LogP contribution in [0.25, 0.3) is 0 Å². The zero-order valence-corrected chi connectivity index (χ0v) is 8.98. The maximum absolute atomic E-state index is 11.5. The second-order valence-electron chi connectivity index (χ2n) is 4.30. The molecule has 5 heteroatoms. The van der Waals surface area contributed by atoms with Gasteiger partial charge in [0.15, 0.2) is 0 Å². The first-order chi connectivity index (χ1) is 7.20. The Morgan fingerprint density at radius 2 is 2.40 bits per heavy atom. The van der Waals surface area contributed by atoms with Gasteiger partial charge in [0.1, 0.15) is 0 Å². The first-order valence-electron chi connectivity index (χ1n) is 5.48. The van der Waals surface area contributed by atoms with Crippen molar-refractivity contribution in [3.63, 3.8) is 0 Å². The number of ether oxygens (including phenoxy) is 1. The summed E-state index contributed by atoms with van der Waals surface area (Å²) in [4.78, 5) is 13.6. The highest BCUT2D eigenvalue weighted by molar-refractivity contribution is 5.83. The summed E-state index contributed by atoms with van der Waals surface area (Å²) in [5, 5.41) is 11.9. The summed E-state index contributed by atoms with van der Waals surface area (Å²) in [7, 11) is 0. The predicted molar refractivity (Wildman–Crippen MR) is 54.4 cm³/mol. The monoisotopic (exact) mass is 214 g/mol. The topological polar surface area (TPSA) is 61.8 Å². The molecule has 15 heavy (non-hydrogen) atoms. The van der Waals surface area contributed by atoms with E-state index in [9.17, 15) is 4.79 Å². The number of aliphatic hydroxyl groups is 1. The van der Waals surface area contributed by atoms with E-state index in [1.807, 2.05) is 6.92 Å². The molecule has 2 N–H and O–H groups in total. The molecule has 0 bridgehead atoms. The van der Waals surface area contributed by atoms with E-state index in [0.29, 0.717) is 6.54 Å². The van der Waals surface area contributed by atoms with Crippen molar-refractivity contribution in [1.82, 2.24) is 10.2 Å². The molecule has 5 nitrogen and oxygen atoms in total. The summed E-state index contributed by atoms with van der Waals surface area (Å²) in [6, 6.07) is -0.0228. The third-order valence-electron chi connectivity index (χ3n) is 3.02. The van der Waals surface area contributed by atoms with E-state index in [0.717, 1.165) is 19.5 Å². The second-order valence-corrected chi connectivity index (χ2v) is 4.30. The summed E-state index contributed by atoms with van der Waals surface area (Å²) in [5.74, 6) is 0.112. The van der Waals surface area contributed by atoms with E-state index in [-0.39, 0.29) is 30.8 Å². The van der Waals surface area contributed by atoms with Gasteiger partial charge in [-0.3, -0.25) is 9.69 Å². The summed E-state index contributed by atoms with van der Waals surface area (Å²) in [5.41, 5.74) is 0. The number of carbonyl (C=O) groups excluding carboxylic acids is 1. The van der Waals surface area contributed by atoms with Gasteiger partial charge in [-0.2, -0.15) is 0 Å². The standard InChI is InChI=1S/C10H18N2O3/c1-7-4-12(5-8(6-13)15-7)9-2-3-11-10(9)14/h7-9,13H,2-6H2,1H3,(H,11,14). The minimum atomic E-state index is -0.151. The van der Waals surface area contributed by atoms with Crippen LogP contribution in [0.15, 0.2) is 0 Å². The fraction of sp³-hybridized carbons (Fsp3) is 0.900. The third kappa shape index (κ3) is 2.30. The Bertz CT molecular complexity index is 247. The highest BCUT2D eigenvalue weighted by Gasteiger charge is 2.35. The molecule has 3 atom stereocenters. The zero-order chi connectivity index (χ0) is 10.8. The van der Waals surface area contributed by atoms with Gasteiger partial charge in [-0.1, -0.05) is 0 Å². The fourth-order valence-corrected chi connectivity index (χ4v) is 2.37. The minimum Gasteiger partial charge on any atom is -0.394 e. The van der Waals surface area contributed by atoms with Crippen molar-refractivity contribution < 1.29 is 14.6 Å². The van der Waals surface area contributed by atoms with E-state index in [1.165, 1.54) is 0 Å². The Morgan fingerprint density at radius 3 is 3.00 bits per heavy atom. The van der Waals surface area contributed by atoms with Crippen molar-refractivity contribution in [3.05, 3.63) is 0 Å². The van der Waals surface area contributed by atoms with E-state index in [1.54, 1.807) is 0 Å².